The Morgan fingerprint density at radius 3 is 2.76 bits per heavy atom. The van der Waals surface area contributed by atoms with Gasteiger partial charge < -0.3 is 24.8 Å². The van der Waals surface area contributed by atoms with Gasteiger partial charge in [-0.3, -0.25) is 9.52 Å². The van der Waals surface area contributed by atoms with Crippen LogP contribution in [0.15, 0.2) is 70.5 Å². The van der Waals surface area contributed by atoms with E-state index in [1.807, 2.05) is 26.0 Å². The number of carbonyl (C=O) groups excluding carboxylic acids is 2. The number of allylic oxidation sites excluding steroid dienone is 2. The van der Waals surface area contributed by atoms with Gasteiger partial charge in [0.05, 0.1) is 29.8 Å². The van der Waals surface area contributed by atoms with Crippen molar-refractivity contribution in [3.8, 4) is 0 Å². The number of nitrogens with one attached hydrogen (secondary N) is 2. The maximum Gasteiger partial charge on any atom is 0.327 e. The largest absolute Gasteiger partial charge is 0.491 e. The quantitative estimate of drug-likeness (QED) is 0.243. The van der Waals surface area contributed by atoms with Crippen LogP contribution in [-0.4, -0.2) is 76.5 Å². The molecule has 10 nitrogen and oxygen atoms in total. The molecule has 0 bridgehead atoms. The minimum atomic E-state index is -3.56. The Hall–Kier alpha value is -3.12. The number of ether oxygens (including phenoxy) is 2. The van der Waals surface area contributed by atoms with E-state index >= 15 is 0 Å². The summed E-state index contributed by atoms with van der Waals surface area (Å²) in [6.45, 7) is 11.5. The number of benzene rings is 1. The average molecular weight is 741 g/mol. The number of aliphatic hydroxyl groups is 1. The standard InChI is InChI=1S/C39H53ClN4O6S/c1-6-34-33-17-26(3)36(45)42-51(48,43-37(46)41-30-19-38(4,47)20-30)22-25(2)9-7-11-35(49-5)31-14-12-28(31)21-44(33)23-39(24-50-34)16-8-10-27-18-29(40)13-15-32(27)39/h6-7,11,13,15,17-18,25,28,30-31,35,47H,3,8-10,12,14,16,19-24H2,1-2,4-5H3,(H2,41,42,43,45,46,48)/b11-7+,33-17+,34-6+/t25-,28-,30-,31+,35-,38+,39-,51-/m0/s1. The van der Waals surface area contributed by atoms with Crippen molar-refractivity contribution in [2.24, 2.45) is 22.1 Å². The molecule has 51 heavy (non-hydrogen) atoms. The molecule has 6 rings (SSSR count). The second-order valence-electron chi connectivity index (χ2n) is 15.7. The van der Waals surface area contributed by atoms with Crippen molar-refractivity contribution in [3.05, 3.63) is 82.3 Å². The number of nitrogens with zero attached hydrogens (tertiary/aromatic N) is 2. The summed E-state index contributed by atoms with van der Waals surface area (Å²) in [4.78, 5) is 29.2. The third-order valence-corrected chi connectivity index (χ3v) is 13.6. The normalized spacial score (nSPS) is 38.2. The fourth-order valence-electron chi connectivity index (χ4n) is 8.67. The first-order valence-electron chi connectivity index (χ1n) is 18.3. The second kappa shape index (κ2) is 15.1. The van der Waals surface area contributed by atoms with Gasteiger partial charge in [-0.15, -0.1) is 4.36 Å². The van der Waals surface area contributed by atoms with Crippen molar-refractivity contribution in [2.45, 2.75) is 95.3 Å². The van der Waals surface area contributed by atoms with Crippen molar-refractivity contribution in [1.82, 2.24) is 14.9 Å². The number of carbonyl (C=O) groups is 2. The molecule has 278 valence electrons. The molecule has 5 aliphatic rings. The summed E-state index contributed by atoms with van der Waals surface area (Å²) in [5, 5.41) is 13.6. The monoisotopic (exact) mass is 740 g/mol. The lowest BCUT2D eigenvalue weighted by Crippen LogP contribution is -2.56. The number of halogens is 1. The van der Waals surface area contributed by atoms with Crippen LogP contribution in [0.25, 0.3) is 0 Å². The molecule has 1 aromatic carbocycles. The Labute approximate surface area is 308 Å². The third-order valence-electron chi connectivity index (χ3n) is 11.4. The van der Waals surface area contributed by atoms with E-state index < -0.39 is 27.5 Å². The van der Waals surface area contributed by atoms with Gasteiger partial charge in [-0.25, -0.2) is 9.00 Å². The molecular weight excluding hydrogens is 688 g/mol. The van der Waals surface area contributed by atoms with Crippen molar-refractivity contribution in [3.63, 3.8) is 0 Å². The maximum atomic E-state index is 14.4. The van der Waals surface area contributed by atoms with E-state index in [9.17, 15) is 18.9 Å². The van der Waals surface area contributed by atoms with Gasteiger partial charge in [0.1, 0.15) is 15.7 Å². The van der Waals surface area contributed by atoms with Crippen molar-refractivity contribution >= 4 is 33.5 Å². The lowest BCUT2D eigenvalue weighted by molar-refractivity contribution is -0.113. The fraction of sp³-hybridized carbons (Fsp3) is 0.590. The molecule has 12 heteroatoms. The highest BCUT2D eigenvalue weighted by Gasteiger charge is 2.45. The molecule has 0 aromatic heterocycles. The molecule has 1 aromatic rings. The minimum absolute atomic E-state index is 0.0340. The van der Waals surface area contributed by atoms with Gasteiger partial charge in [-0.2, -0.15) is 0 Å². The Kier molecular flexibility index (Phi) is 11.1. The molecule has 1 spiro atoms. The van der Waals surface area contributed by atoms with Gasteiger partial charge in [0.25, 0.3) is 5.91 Å². The van der Waals surface area contributed by atoms with E-state index in [0.29, 0.717) is 50.0 Å². The molecule has 3 N–H and O–H groups in total. The molecule has 2 saturated carbocycles. The van der Waals surface area contributed by atoms with Crippen molar-refractivity contribution in [2.75, 3.05) is 32.6 Å². The van der Waals surface area contributed by atoms with Crippen LogP contribution in [0.3, 0.4) is 0 Å². The SMILES string of the molecule is C=C1/C=C2\C(=C/C)OC[C@]3(CCCc4cc(Cl)ccc43)CN2C[C@@H]2CC[C@H]2[C@@H](OC)/C=C/C[C@H](C)C[S@@](=O)(NC(=O)N[C@H]2C[C@@](C)(O)C2)=NC1=O. The predicted molar refractivity (Wildman–Crippen MR) is 200 cm³/mol. The zero-order chi connectivity index (χ0) is 36.6. The van der Waals surface area contributed by atoms with Gasteiger partial charge in [-0.1, -0.05) is 43.3 Å². The second-order valence-corrected chi connectivity index (χ2v) is 18.1. The summed E-state index contributed by atoms with van der Waals surface area (Å²) < 4.78 is 33.8. The molecule has 3 fully saturated rings. The van der Waals surface area contributed by atoms with Gasteiger partial charge in [0.2, 0.25) is 0 Å². The van der Waals surface area contributed by atoms with Crippen LogP contribution >= 0.6 is 11.6 Å². The highest BCUT2D eigenvalue weighted by atomic mass is 35.5. The van der Waals surface area contributed by atoms with E-state index in [1.54, 1.807) is 20.1 Å². The maximum absolute atomic E-state index is 14.4. The number of rotatable bonds is 3. The number of urea groups is 1. The minimum Gasteiger partial charge on any atom is -0.491 e. The van der Waals surface area contributed by atoms with E-state index in [1.165, 1.54) is 11.1 Å². The van der Waals surface area contributed by atoms with E-state index in [0.717, 1.165) is 49.4 Å². The van der Waals surface area contributed by atoms with Crippen LogP contribution in [0.2, 0.25) is 5.02 Å². The van der Waals surface area contributed by atoms with Gasteiger partial charge in [0, 0.05) is 42.3 Å². The predicted octanol–water partition coefficient (Wildman–Crippen LogP) is 6.35. The first-order valence-corrected chi connectivity index (χ1v) is 20.3. The topological polar surface area (TPSA) is 130 Å². The summed E-state index contributed by atoms with van der Waals surface area (Å²) in [6.07, 6.45) is 14.1. The molecule has 3 amide bonds. The van der Waals surface area contributed by atoms with Crippen LogP contribution in [0.1, 0.15) is 76.8 Å². The molecule has 6 atom stereocenters. The summed E-state index contributed by atoms with van der Waals surface area (Å²) in [5.74, 6) is 0.336. The van der Waals surface area contributed by atoms with Crippen LogP contribution in [0.5, 0.6) is 0 Å². The van der Waals surface area contributed by atoms with Crippen LogP contribution in [0, 0.1) is 17.8 Å². The van der Waals surface area contributed by atoms with E-state index in [2.05, 4.69) is 50.2 Å². The van der Waals surface area contributed by atoms with Gasteiger partial charge in [-0.05, 0) is 118 Å². The summed E-state index contributed by atoms with van der Waals surface area (Å²) in [7, 11) is -1.81. The zero-order valence-corrected chi connectivity index (χ0v) is 31.9. The first-order chi connectivity index (χ1) is 24.2. The van der Waals surface area contributed by atoms with Crippen LogP contribution in [-0.2, 0) is 36.0 Å². The molecular formula is C39H53ClN4O6S. The third kappa shape index (κ3) is 8.42. The highest BCUT2D eigenvalue weighted by molar-refractivity contribution is 7.92. The zero-order valence-electron chi connectivity index (χ0n) is 30.3. The molecule has 0 radical (unpaired) electrons. The van der Waals surface area contributed by atoms with Crippen molar-refractivity contribution in [1.29, 1.82) is 0 Å². The Morgan fingerprint density at radius 2 is 2.08 bits per heavy atom. The van der Waals surface area contributed by atoms with E-state index in [4.69, 9.17) is 21.1 Å². The summed E-state index contributed by atoms with van der Waals surface area (Å²) in [6, 6.07) is 5.23. The van der Waals surface area contributed by atoms with Crippen LogP contribution in [0.4, 0.5) is 4.79 Å². The lowest BCUT2D eigenvalue weighted by atomic mass is 9.68. The Morgan fingerprint density at radius 1 is 1.29 bits per heavy atom. The first kappa shape index (κ1) is 37.6. The van der Waals surface area contributed by atoms with Crippen LogP contribution < -0.4 is 10.0 Å². The smallest absolute Gasteiger partial charge is 0.327 e. The molecule has 2 aliphatic heterocycles. The number of hydrogen-bond donors (Lipinski definition) is 3. The van der Waals surface area contributed by atoms with Crippen molar-refractivity contribution < 1.29 is 28.4 Å². The molecule has 2 heterocycles. The molecule has 1 saturated heterocycles. The number of methoxy groups -OCH3 is 1. The number of amides is 3. The molecule has 0 unspecified atom stereocenters. The number of hydrogen-bond acceptors (Lipinski definition) is 7. The number of aryl methyl sites for hydroxylation is 1. The Balaban J connectivity index is 1.38. The summed E-state index contributed by atoms with van der Waals surface area (Å²) in [5.41, 5.74) is 2.13. The molecule has 3 aliphatic carbocycles. The fourth-order valence-corrected chi connectivity index (χ4v) is 10.7. The number of fused-ring (bicyclic) bond motifs is 4. The van der Waals surface area contributed by atoms with Gasteiger partial charge >= 0.3 is 6.03 Å². The average Bonchev–Trinajstić information content (AvgIpc) is 3.17. The summed E-state index contributed by atoms with van der Waals surface area (Å²) >= 11 is 6.45. The Bertz CT molecular complexity index is 1750. The lowest BCUT2D eigenvalue weighted by Gasteiger charge is -2.46. The van der Waals surface area contributed by atoms with Gasteiger partial charge in [0.15, 0.2) is 0 Å². The highest BCUT2D eigenvalue weighted by Crippen LogP contribution is 2.46. The van der Waals surface area contributed by atoms with E-state index in [-0.39, 0.29) is 34.8 Å².